The number of thiophene rings is 1. The summed E-state index contributed by atoms with van der Waals surface area (Å²) in [5.41, 5.74) is -0.694. The van der Waals surface area contributed by atoms with Gasteiger partial charge < -0.3 is 9.73 Å². The summed E-state index contributed by atoms with van der Waals surface area (Å²) >= 11 is 1.28. The number of ketones is 1. The lowest BCUT2D eigenvalue weighted by Gasteiger charge is -2.18. The highest BCUT2D eigenvalue weighted by atomic mass is 32.1. The lowest BCUT2D eigenvalue weighted by Crippen LogP contribution is -2.41. The van der Waals surface area contributed by atoms with Crippen molar-refractivity contribution in [2.24, 2.45) is 0 Å². The average molecular weight is 354 g/mol. The number of hydrogen-bond donors (Lipinski definition) is 1. The maximum atomic E-state index is 12.9. The van der Waals surface area contributed by atoms with Crippen LogP contribution in [0.1, 0.15) is 22.4 Å². The Hall–Kier alpha value is -2.93. The zero-order chi connectivity index (χ0) is 17.6. The van der Waals surface area contributed by atoms with Gasteiger partial charge in [0.05, 0.1) is 11.4 Å². The second-order valence-corrected chi connectivity index (χ2v) is 6.94. The third-order valence-electron chi connectivity index (χ3n) is 4.29. The van der Waals surface area contributed by atoms with Crippen molar-refractivity contribution in [1.82, 2.24) is 10.2 Å². The van der Waals surface area contributed by atoms with Gasteiger partial charge in [0.2, 0.25) is 0 Å². The Bertz CT molecular complexity index is 959. The molecule has 25 heavy (non-hydrogen) atoms. The molecule has 0 bridgehead atoms. The van der Waals surface area contributed by atoms with Gasteiger partial charge in [0.15, 0.2) is 11.3 Å². The Morgan fingerprint density at radius 1 is 1.24 bits per heavy atom. The van der Waals surface area contributed by atoms with E-state index in [1.807, 2.05) is 18.2 Å². The first-order chi connectivity index (χ1) is 12.0. The molecule has 0 spiro atoms. The Morgan fingerprint density at radius 3 is 2.76 bits per heavy atom. The fourth-order valence-corrected chi connectivity index (χ4v) is 3.55. The van der Waals surface area contributed by atoms with Crippen LogP contribution in [0, 0.1) is 0 Å². The molecule has 0 aliphatic carbocycles. The number of nitrogens with one attached hydrogen (secondary N) is 1. The van der Waals surface area contributed by atoms with E-state index in [4.69, 9.17) is 4.42 Å². The number of imide groups is 1. The van der Waals surface area contributed by atoms with Gasteiger partial charge in [0.1, 0.15) is 11.3 Å². The van der Waals surface area contributed by atoms with E-state index in [1.165, 1.54) is 11.3 Å². The van der Waals surface area contributed by atoms with Crippen molar-refractivity contribution in [2.45, 2.75) is 12.5 Å². The summed E-state index contributed by atoms with van der Waals surface area (Å²) in [6.45, 7) is 1.29. The van der Waals surface area contributed by atoms with Crippen LogP contribution in [0.25, 0.3) is 11.0 Å². The molecule has 1 N–H and O–H groups in total. The van der Waals surface area contributed by atoms with E-state index >= 15 is 0 Å². The van der Waals surface area contributed by atoms with Crippen molar-refractivity contribution in [3.63, 3.8) is 0 Å². The molecule has 7 heteroatoms. The largest absolute Gasteiger partial charge is 0.458 e. The number of benzene rings is 1. The van der Waals surface area contributed by atoms with Crippen LogP contribution < -0.4 is 5.32 Å². The van der Waals surface area contributed by atoms with Crippen molar-refractivity contribution >= 4 is 40.0 Å². The molecule has 1 saturated heterocycles. The van der Waals surface area contributed by atoms with E-state index in [0.717, 1.165) is 10.3 Å². The summed E-state index contributed by atoms with van der Waals surface area (Å²) in [5.74, 6) is -0.424. The van der Waals surface area contributed by atoms with E-state index < -0.39 is 17.5 Å². The van der Waals surface area contributed by atoms with Crippen LogP contribution in [-0.4, -0.2) is 29.2 Å². The number of amides is 3. The highest BCUT2D eigenvalue weighted by Crippen LogP contribution is 2.33. The summed E-state index contributed by atoms with van der Waals surface area (Å²) in [6, 6.07) is 11.9. The first kappa shape index (κ1) is 15.6. The molecule has 4 rings (SSSR count). The second kappa shape index (κ2) is 5.56. The summed E-state index contributed by atoms with van der Waals surface area (Å²) in [6.07, 6.45) is 0. The molecule has 3 heterocycles. The molecule has 1 aliphatic rings. The van der Waals surface area contributed by atoms with E-state index in [-0.39, 0.29) is 12.3 Å². The minimum absolute atomic E-state index is 0.271. The maximum Gasteiger partial charge on any atom is 0.325 e. The maximum absolute atomic E-state index is 12.9. The lowest BCUT2D eigenvalue weighted by atomic mass is 9.99. The quantitative estimate of drug-likeness (QED) is 0.577. The predicted octanol–water partition coefficient (Wildman–Crippen LogP) is 3.14. The van der Waals surface area contributed by atoms with E-state index in [0.29, 0.717) is 16.2 Å². The Labute approximate surface area is 147 Å². The molecule has 6 nitrogen and oxygen atoms in total. The third kappa shape index (κ3) is 2.44. The van der Waals surface area contributed by atoms with Crippen LogP contribution in [-0.2, 0) is 10.3 Å². The molecular formula is C18H14N2O4S. The van der Waals surface area contributed by atoms with E-state index in [9.17, 15) is 14.4 Å². The molecule has 3 aromatic rings. The summed E-state index contributed by atoms with van der Waals surface area (Å²) in [7, 11) is 0. The van der Waals surface area contributed by atoms with Crippen LogP contribution in [0.4, 0.5) is 4.79 Å². The molecular weight excluding hydrogens is 340 g/mol. The van der Waals surface area contributed by atoms with Gasteiger partial charge in [0.25, 0.3) is 5.91 Å². The topological polar surface area (TPSA) is 79.6 Å². The number of urea groups is 1. The van der Waals surface area contributed by atoms with Crippen LogP contribution in [0.2, 0.25) is 0 Å². The van der Waals surface area contributed by atoms with Gasteiger partial charge in [-0.15, -0.1) is 11.3 Å². The lowest BCUT2D eigenvalue weighted by molar-refractivity contribution is -0.131. The minimum Gasteiger partial charge on any atom is -0.458 e. The van der Waals surface area contributed by atoms with E-state index in [2.05, 4.69) is 5.32 Å². The SMILES string of the molecule is CC1(c2cc3ccccc3o2)NC(=O)N(CC(=O)c2cccs2)C1=O. The Kier molecular flexibility index (Phi) is 3.47. The number of rotatable bonds is 4. The Morgan fingerprint density at radius 2 is 2.04 bits per heavy atom. The minimum atomic E-state index is -1.33. The number of carbonyl (C=O) groups is 3. The number of carbonyl (C=O) groups excluding carboxylic acids is 3. The number of hydrogen-bond acceptors (Lipinski definition) is 5. The molecule has 1 aliphatic heterocycles. The zero-order valence-corrected chi connectivity index (χ0v) is 14.1. The van der Waals surface area contributed by atoms with Crippen molar-refractivity contribution in [3.05, 3.63) is 58.5 Å². The molecule has 3 amide bonds. The van der Waals surface area contributed by atoms with Crippen LogP contribution in [0.3, 0.4) is 0 Å². The van der Waals surface area contributed by atoms with Crippen molar-refractivity contribution in [2.75, 3.05) is 6.54 Å². The van der Waals surface area contributed by atoms with Crippen molar-refractivity contribution in [3.8, 4) is 0 Å². The van der Waals surface area contributed by atoms with Gasteiger partial charge in [-0.25, -0.2) is 4.79 Å². The van der Waals surface area contributed by atoms with Gasteiger partial charge in [-0.2, -0.15) is 0 Å². The number of Topliss-reactive ketones (excluding diaryl/α,β-unsaturated/α-hetero) is 1. The fourth-order valence-electron chi connectivity index (χ4n) is 2.89. The highest BCUT2D eigenvalue weighted by Gasteiger charge is 2.51. The normalized spacial score (nSPS) is 20.3. The standard InChI is InChI=1S/C18H14N2O4S/c1-18(15-9-11-5-2-3-6-13(11)24-15)16(22)20(17(23)19-18)10-12(21)14-7-4-8-25-14/h2-9H,10H2,1H3,(H,19,23). The summed E-state index contributed by atoms with van der Waals surface area (Å²) in [4.78, 5) is 38.9. The number of furan rings is 1. The number of nitrogens with zero attached hydrogens (tertiary/aromatic N) is 1. The molecule has 2 aromatic heterocycles. The van der Waals surface area contributed by atoms with Gasteiger partial charge in [-0.05, 0) is 30.5 Å². The summed E-state index contributed by atoms with van der Waals surface area (Å²) in [5, 5.41) is 5.27. The van der Waals surface area contributed by atoms with E-state index in [1.54, 1.807) is 36.6 Å². The van der Waals surface area contributed by atoms with Gasteiger partial charge >= 0.3 is 6.03 Å². The van der Waals surface area contributed by atoms with Gasteiger partial charge in [-0.1, -0.05) is 24.3 Å². The first-order valence-corrected chi connectivity index (χ1v) is 8.57. The van der Waals surface area contributed by atoms with Crippen LogP contribution in [0.15, 0.2) is 52.3 Å². The molecule has 126 valence electrons. The molecule has 1 atom stereocenters. The average Bonchev–Trinajstić information content (AvgIpc) is 3.30. The molecule has 1 fully saturated rings. The molecule has 0 saturated carbocycles. The molecule has 0 radical (unpaired) electrons. The zero-order valence-electron chi connectivity index (χ0n) is 13.3. The second-order valence-electron chi connectivity index (χ2n) is 6.00. The van der Waals surface area contributed by atoms with Crippen molar-refractivity contribution in [1.29, 1.82) is 0 Å². The third-order valence-corrected chi connectivity index (χ3v) is 5.20. The highest BCUT2D eigenvalue weighted by molar-refractivity contribution is 7.12. The predicted molar refractivity (Wildman–Crippen MR) is 92.5 cm³/mol. The first-order valence-electron chi connectivity index (χ1n) is 7.69. The smallest absolute Gasteiger partial charge is 0.325 e. The van der Waals surface area contributed by atoms with Gasteiger partial charge in [-0.3, -0.25) is 14.5 Å². The molecule has 1 aromatic carbocycles. The van der Waals surface area contributed by atoms with Gasteiger partial charge in [0, 0.05) is 5.39 Å². The fraction of sp³-hybridized carbons (Fsp3) is 0.167. The number of para-hydroxylation sites is 1. The molecule has 1 unspecified atom stereocenters. The monoisotopic (exact) mass is 354 g/mol. The van der Waals surface area contributed by atoms with Crippen LogP contribution >= 0.6 is 11.3 Å². The Balaban J connectivity index is 1.64. The summed E-state index contributed by atoms with van der Waals surface area (Å²) < 4.78 is 5.75. The van der Waals surface area contributed by atoms with Crippen molar-refractivity contribution < 1.29 is 18.8 Å². The van der Waals surface area contributed by atoms with Crippen LogP contribution in [0.5, 0.6) is 0 Å². The number of fused-ring (bicyclic) bond motifs is 1.